The van der Waals surface area contributed by atoms with Gasteiger partial charge in [-0.05, 0) is 93.1 Å². The zero-order valence-electron chi connectivity index (χ0n) is 31.4. The quantitative estimate of drug-likeness (QED) is 0.130. The zero-order chi connectivity index (χ0) is 37.8. The molecular weight excluding hydrogens is 668 g/mol. The number of ether oxygens (including phenoxy) is 3. The molecule has 1 aliphatic heterocycles. The predicted octanol–water partition coefficient (Wildman–Crippen LogP) is 10.5. The van der Waals surface area contributed by atoms with Crippen molar-refractivity contribution >= 4 is 17.6 Å². The molecule has 0 aliphatic carbocycles. The summed E-state index contributed by atoms with van der Waals surface area (Å²) in [6.45, 7) is 12.2. The van der Waals surface area contributed by atoms with Gasteiger partial charge in [0.2, 0.25) is 0 Å². The van der Waals surface area contributed by atoms with Crippen LogP contribution in [-0.4, -0.2) is 34.4 Å². The van der Waals surface area contributed by atoms with Crippen LogP contribution in [0.2, 0.25) is 0 Å². The molecule has 0 radical (unpaired) electrons. The fourth-order valence-corrected chi connectivity index (χ4v) is 7.41. The topological polar surface area (TPSA) is 78.8 Å². The van der Waals surface area contributed by atoms with Crippen LogP contribution in [0.3, 0.4) is 0 Å². The fraction of sp³-hybridized carbons (Fsp3) is 0.333. The van der Waals surface area contributed by atoms with Crippen molar-refractivity contribution in [2.45, 2.75) is 96.9 Å². The Morgan fingerprint density at radius 3 is 2.06 bits per heavy atom. The molecule has 5 aromatic rings. The van der Waals surface area contributed by atoms with Gasteiger partial charge in [0.1, 0.15) is 11.4 Å². The van der Waals surface area contributed by atoms with Gasteiger partial charge in [-0.25, -0.2) is 4.39 Å². The van der Waals surface area contributed by atoms with E-state index in [0.717, 1.165) is 33.6 Å². The number of benzene rings is 4. The minimum atomic E-state index is -0.934. The Bertz CT molecular complexity index is 2010. The Morgan fingerprint density at radius 1 is 0.849 bits per heavy atom. The maximum Gasteiger partial charge on any atom is 0.309 e. The fourth-order valence-electron chi connectivity index (χ4n) is 7.41. The standard InChI is InChI=1S/C45H49FN2O5/c1-30(2)41-40(43(50)47-35-20-14-9-15-21-35)39(31-16-10-7-11-17-31)42(32-22-24-34(46)25-23-32)48(41)27-26-36-28-37(52-45(5,6)51-36)29-38(49)53-44(3,4)33-18-12-8-13-19-33/h7-25,30,36-37H,26-29H2,1-6H3,(H,47,50)/t36-,37-/m1/s1. The van der Waals surface area contributed by atoms with Crippen LogP contribution in [0.4, 0.5) is 10.1 Å². The number of hydrogen-bond acceptors (Lipinski definition) is 5. The molecule has 0 saturated carbocycles. The summed E-state index contributed by atoms with van der Waals surface area (Å²) in [4.78, 5) is 27.7. The lowest BCUT2D eigenvalue weighted by molar-refractivity contribution is -0.301. The van der Waals surface area contributed by atoms with Gasteiger partial charge in [0.25, 0.3) is 5.91 Å². The number of halogens is 1. The summed E-state index contributed by atoms with van der Waals surface area (Å²) in [5, 5.41) is 3.13. The number of aromatic nitrogens is 1. The molecule has 1 aliphatic rings. The molecule has 276 valence electrons. The van der Waals surface area contributed by atoms with Crippen LogP contribution >= 0.6 is 0 Å². The van der Waals surface area contributed by atoms with E-state index in [1.54, 1.807) is 12.1 Å². The number of nitrogens with one attached hydrogen (secondary N) is 1. The number of nitrogens with zero attached hydrogens (tertiary/aromatic N) is 1. The summed E-state index contributed by atoms with van der Waals surface area (Å²) < 4.78 is 35.3. The number of amides is 1. The van der Waals surface area contributed by atoms with Gasteiger partial charge in [-0.2, -0.15) is 0 Å². The van der Waals surface area contributed by atoms with Gasteiger partial charge >= 0.3 is 5.97 Å². The van der Waals surface area contributed by atoms with Gasteiger partial charge in [-0.15, -0.1) is 0 Å². The van der Waals surface area contributed by atoms with Crippen molar-refractivity contribution in [2.24, 2.45) is 0 Å². The zero-order valence-corrected chi connectivity index (χ0v) is 31.4. The van der Waals surface area contributed by atoms with Crippen molar-refractivity contribution in [1.82, 2.24) is 4.57 Å². The van der Waals surface area contributed by atoms with Gasteiger partial charge in [-0.3, -0.25) is 9.59 Å². The van der Waals surface area contributed by atoms with Crippen molar-refractivity contribution in [3.8, 4) is 22.4 Å². The van der Waals surface area contributed by atoms with Crippen LogP contribution in [0, 0.1) is 5.82 Å². The summed E-state index contributed by atoms with van der Waals surface area (Å²) in [5.41, 5.74) is 5.53. The number of para-hydroxylation sites is 1. The maximum atomic E-state index is 14.4. The minimum Gasteiger partial charge on any atom is -0.455 e. The SMILES string of the molecule is CC(C)c1c(C(=O)Nc2ccccc2)c(-c2ccccc2)c(-c2ccc(F)cc2)n1CC[C@@H]1C[C@H](CC(=O)OC(C)(C)c2ccccc2)OC(C)(C)O1. The third kappa shape index (κ3) is 8.95. The molecule has 4 aromatic carbocycles. The molecule has 2 heterocycles. The minimum absolute atomic E-state index is 0.0503. The molecular formula is C45H49FN2O5. The maximum absolute atomic E-state index is 14.4. The second-order valence-corrected chi connectivity index (χ2v) is 14.9. The van der Waals surface area contributed by atoms with E-state index in [1.807, 2.05) is 119 Å². The third-order valence-electron chi connectivity index (χ3n) is 9.62. The second-order valence-electron chi connectivity index (χ2n) is 14.9. The number of carbonyl (C=O) groups excluding carboxylic acids is 2. The lowest BCUT2D eigenvalue weighted by Crippen LogP contribution is -2.46. The molecule has 0 bridgehead atoms. The molecule has 0 unspecified atom stereocenters. The van der Waals surface area contributed by atoms with E-state index in [2.05, 4.69) is 23.7 Å². The Kier molecular flexibility index (Phi) is 11.3. The van der Waals surface area contributed by atoms with E-state index in [9.17, 15) is 14.0 Å². The van der Waals surface area contributed by atoms with Crippen LogP contribution in [0.1, 0.15) is 88.3 Å². The molecule has 8 heteroatoms. The number of carbonyl (C=O) groups is 2. The molecule has 1 aromatic heterocycles. The first kappa shape index (κ1) is 37.7. The average Bonchev–Trinajstić information content (AvgIpc) is 3.47. The van der Waals surface area contributed by atoms with Gasteiger partial charge in [0.05, 0.1) is 29.9 Å². The van der Waals surface area contributed by atoms with E-state index < -0.39 is 17.5 Å². The van der Waals surface area contributed by atoms with Crippen LogP contribution in [-0.2, 0) is 31.2 Å². The summed E-state index contributed by atoms with van der Waals surface area (Å²) in [5.74, 6) is -1.88. The predicted molar refractivity (Wildman–Crippen MR) is 207 cm³/mol. The van der Waals surface area contributed by atoms with Gasteiger partial charge < -0.3 is 24.1 Å². The number of esters is 1. The Morgan fingerprint density at radius 2 is 1.43 bits per heavy atom. The summed E-state index contributed by atoms with van der Waals surface area (Å²) in [7, 11) is 0. The monoisotopic (exact) mass is 716 g/mol. The molecule has 7 nitrogen and oxygen atoms in total. The highest BCUT2D eigenvalue weighted by Crippen LogP contribution is 2.43. The Hall–Kier alpha value is -5.05. The molecule has 1 saturated heterocycles. The van der Waals surface area contributed by atoms with E-state index >= 15 is 0 Å². The molecule has 1 N–H and O–H groups in total. The summed E-state index contributed by atoms with van der Waals surface area (Å²) >= 11 is 0. The molecule has 0 spiro atoms. The van der Waals surface area contributed by atoms with Crippen molar-refractivity contribution in [3.63, 3.8) is 0 Å². The van der Waals surface area contributed by atoms with Gasteiger partial charge in [0.15, 0.2) is 5.79 Å². The first-order valence-electron chi connectivity index (χ1n) is 18.4. The smallest absolute Gasteiger partial charge is 0.309 e. The molecule has 53 heavy (non-hydrogen) atoms. The lowest BCUT2D eigenvalue weighted by Gasteiger charge is -2.41. The number of hydrogen-bond donors (Lipinski definition) is 1. The molecule has 1 fully saturated rings. The van der Waals surface area contributed by atoms with E-state index in [4.69, 9.17) is 14.2 Å². The van der Waals surface area contributed by atoms with Crippen molar-refractivity contribution in [2.75, 3.05) is 5.32 Å². The highest BCUT2D eigenvalue weighted by Gasteiger charge is 2.38. The summed E-state index contributed by atoms with van der Waals surface area (Å²) in [6, 6.07) is 35.4. The van der Waals surface area contributed by atoms with Crippen LogP contribution in [0.5, 0.6) is 0 Å². The Balaban J connectivity index is 1.35. The largest absolute Gasteiger partial charge is 0.455 e. The van der Waals surface area contributed by atoms with Gasteiger partial charge in [0, 0.05) is 29.9 Å². The lowest BCUT2D eigenvalue weighted by atomic mass is 9.94. The summed E-state index contributed by atoms with van der Waals surface area (Å²) in [6.07, 6.45) is 0.471. The highest BCUT2D eigenvalue weighted by atomic mass is 19.1. The number of rotatable bonds is 12. The van der Waals surface area contributed by atoms with E-state index in [1.165, 1.54) is 12.1 Å². The van der Waals surface area contributed by atoms with Crippen LogP contribution in [0.25, 0.3) is 22.4 Å². The van der Waals surface area contributed by atoms with Crippen LogP contribution < -0.4 is 5.32 Å². The number of anilines is 1. The van der Waals surface area contributed by atoms with Crippen molar-refractivity contribution in [3.05, 3.63) is 138 Å². The highest BCUT2D eigenvalue weighted by molar-refractivity contribution is 6.12. The molecule has 1 amide bonds. The van der Waals surface area contributed by atoms with Gasteiger partial charge in [-0.1, -0.05) is 92.7 Å². The van der Waals surface area contributed by atoms with Crippen molar-refractivity contribution in [1.29, 1.82) is 0 Å². The average molecular weight is 717 g/mol. The first-order chi connectivity index (χ1) is 25.3. The first-order valence-corrected chi connectivity index (χ1v) is 18.4. The van der Waals surface area contributed by atoms with Crippen molar-refractivity contribution < 1.29 is 28.2 Å². The van der Waals surface area contributed by atoms with E-state index in [0.29, 0.717) is 30.6 Å². The molecule has 6 rings (SSSR count). The van der Waals surface area contributed by atoms with Crippen LogP contribution in [0.15, 0.2) is 115 Å². The molecule has 2 atom stereocenters. The van der Waals surface area contributed by atoms with E-state index in [-0.39, 0.29) is 36.1 Å². The second kappa shape index (κ2) is 15.9. The Labute approximate surface area is 312 Å². The normalized spacial score (nSPS) is 17.1. The third-order valence-corrected chi connectivity index (χ3v) is 9.62.